The Hall–Kier alpha value is -5.19. The maximum atomic E-state index is 14.4. The van der Waals surface area contributed by atoms with E-state index in [4.69, 9.17) is 14.2 Å². The summed E-state index contributed by atoms with van der Waals surface area (Å²) in [6, 6.07) is 19.1. The number of fused-ring (bicyclic) bond motifs is 8. The van der Waals surface area contributed by atoms with Gasteiger partial charge in [-0.25, -0.2) is 9.37 Å². The van der Waals surface area contributed by atoms with Crippen LogP contribution in [-0.4, -0.2) is 66.6 Å². The maximum Gasteiger partial charge on any atom is 0.272 e. The zero-order valence-electron chi connectivity index (χ0n) is 22.6. The molecule has 1 fully saturated rings. The number of benzene rings is 3. The number of carbonyl (C=O) groups is 3. The number of nitrogens with zero attached hydrogens (tertiary/aromatic N) is 2. The first-order chi connectivity index (χ1) is 20.4. The normalized spacial score (nSPS) is 18.8. The molecule has 0 aliphatic carbocycles. The third-order valence-electron chi connectivity index (χ3n) is 7.25. The second-order valence-electron chi connectivity index (χ2n) is 10.0. The molecule has 10 nitrogen and oxygen atoms in total. The van der Waals surface area contributed by atoms with Gasteiger partial charge < -0.3 is 29.7 Å². The van der Waals surface area contributed by atoms with E-state index >= 15 is 0 Å². The van der Waals surface area contributed by atoms with Crippen LogP contribution >= 0.6 is 0 Å². The topological polar surface area (TPSA) is 119 Å². The summed E-state index contributed by atoms with van der Waals surface area (Å²) in [5.74, 6) is -0.539. The van der Waals surface area contributed by atoms with Gasteiger partial charge in [0.25, 0.3) is 17.7 Å². The Labute approximate surface area is 240 Å². The molecule has 3 amide bonds. The van der Waals surface area contributed by atoms with E-state index in [1.54, 1.807) is 48.5 Å². The van der Waals surface area contributed by atoms with Crippen LogP contribution in [0.1, 0.15) is 26.4 Å². The number of hydrogen-bond acceptors (Lipinski definition) is 7. The number of amides is 3. The van der Waals surface area contributed by atoms with Gasteiger partial charge in [-0.1, -0.05) is 30.3 Å². The molecule has 0 spiro atoms. The lowest BCUT2D eigenvalue weighted by Crippen LogP contribution is -2.45. The fraction of sp³-hybridized carbons (Fsp3) is 0.226. The van der Waals surface area contributed by atoms with E-state index in [-0.39, 0.29) is 54.7 Å². The molecule has 42 heavy (non-hydrogen) atoms. The van der Waals surface area contributed by atoms with Crippen molar-refractivity contribution in [1.29, 1.82) is 0 Å². The fourth-order valence-corrected chi connectivity index (χ4v) is 5.03. The van der Waals surface area contributed by atoms with Crippen molar-refractivity contribution in [2.45, 2.75) is 18.7 Å². The van der Waals surface area contributed by atoms with Crippen molar-refractivity contribution in [2.75, 3.05) is 26.8 Å². The summed E-state index contributed by atoms with van der Waals surface area (Å²) in [5, 5.41) is 6.36. The molecule has 3 aromatic carbocycles. The van der Waals surface area contributed by atoms with Crippen LogP contribution in [0.2, 0.25) is 0 Å². The van der Waals surface area contributed by atoms with Gasteiger partial charge in [-0.3, -0.25) is 14.4 Å². The number of carbonyl (C=O) groups excluding carboxylic acids is 3. The lowest BCUT2D eigenvalue weighted by Gasteiger charge is -2.21. The highest BCUT2D eigenvalue weighted by molar-refractivity contribution is 5.96. The molecule has 214 valence electrons. The van der Waals surface area contributed by atoms with Crippen LogP contribution < -0.4 is 24.8 Å². The van der Waals surface area contributed by atoms with Gasteiger partial charge in [0, 0.05) is 24.0 Å². The lowest BCUT2D eigenvalue weighted by atomic mass is 10.1. The van der Waals surface area contributed by atoms with Crippen LogP contribution in [0.3, 0.4) is 0 Å². The summed E-state index contributed by atoms with van der Waals surface area (Å²) < 4.78 is 31.7. The van der Waals surface area contributed by atoms with E-state index in [1.165, 1.54) is 24.1 Å². The highest BCUT2D eigenvalue weighted by Gasteiger charge is 2.39. The molecular formula is C31H27FN4O6. The standard InChI is InChI=1S/C31H27FN4O6/c1-40-25-12-8-20-13-26(25)41-17-28(37)33-14-18-5-9-21(10-6-18)42-27-16-36(15-24(27)35-30(20)38)31(39)23-11-7-19-3-2-4-22(32)29(19)34-23/h2-13,24,27H,14-17H2,1H3,(H,33,37)(H,35,38)/t24-,27-/m0/s1. The molecule has 1 saturated heterocycles. The average Bonchev–Trinajstić information content (AvgIpc) is 3.40. The highest BCUT2D eigenvalue weighted by atomic mass is 19.1. The first-order valence-electron chi connectivity index (χ1n) is 13.4. The Morgan fingerprint density at radius 1 is 1.05 bits per heavy atom. The molecule has 2 N–H and O–H groups in total. The molecule has 0 saturated carbocycles. The highest BCUT2D eigenvalue weighted by Crippen LogP contribution is 2.29. The molecule has 7 rings (SSSR count). The lowest BCUT2D eigenvalue weighted by molar-refractivity contribution is -0.123. The number of pyridine rings is 1. The van der Waals surface area contributed by atoms with Crippen molar-refractivity contribution in [3.05, 3.63) is 95.4 Å². The number of para-hydroxylation sites is 1. The number of likely N-dealkylation sites (tertiary alicyclic amines) is 1. The Bertz CT molecular complexity index is 1680. The van der Waals surface area contributed by atoms with Crippen LogP contribution in [0.4, 0.5) is 4.39 Å². The molecule has 0 unspecified atom stereocenters. The number of rotatable bonds is 2. The number of aromatic nitrogens is 1. The van der Waals surface area contributed by atoms with Gasteiger partial charge in [0.05, 0.1) is 19.7 Å². The number of methoxy groups -OCH3 is 1. The van der Waals surface area contributed by atoms with Crippen molar-refractivity contribution < 1.29 is 33.0 Å². The zero-order chi connectivity index (χ0) is 29.2. The van der Waals surface area contributed by atoms with Crippen molar-refractivity contribution >= 4 is 28.6 Å². The number of halogens is 1. The number of hydrogen-bond donors (Lipinski definition) is 2. The minimum absolute atomic E-state index is 0.0936. The maximum absolute atomic E-state index is 14.4. The first kappa shape index (κ1) is 27.0. The van der Waals surface area contributed by atoms with Gasteiger partial charge in [-0.2, -0.15) is 0 Å². The van der Waals surface area contributed by atoms with Gasteiger partial charge in [-0.15, -0.1) is 0 Å². The predicted octanol–water partition coefficient (Wildman–Crippen LogP) is 3.09. The summed E-state index contributed by atoms with van der Waals surface area (Å²) in [4.78, 5) is 45.1. The van der Waals surface area contributed by atoms with Crippen molar-refractivity contribution in [3.8, 4) is 17.2 Å². The summed E-state index contributed by atoms with van der Waals surface area (Å²) in [7, 11) is 1.46. The molecule has 3 aliphatic heterocycles. The minimum Gasteiger partial charge on any atom is -0.493 e. The number of ether oxygens (including phenoxy) is 3. The monoisotopic (exact) mass is 570 g/mol. The quantitative estimate of drug-likeness (QED) is 0.380. The largest absolute Gasteiger partial charge is 0.493 e. The average molecular weight is 571 g/mol. The van der Waals surface area contributed by atoms with E-state index in [0.717, 1.165) is 5.56 Å². The van der Waals surface area contributed by atoms with Crippen molar-refractivity contribution in [3.63, 3.8) is 0 Å². The Balaban J connectivity index is 1.30. The second kappa shape index (κ2) is 11.4. The van der Waals surface area contributed by atoms with Crippen LogP contribution in [0.5, 0.6) is 17.2 Å². The van der Waals surface area contributed by atoms with Gasteiger partial charge in [0.1, 0.15) is 28.9 Å². The van der Waals surface area contributed by atoms with Crippen molar-refractivity contribution in [1.82, 2.24) is 20.5 Å². The van der Waals surface area contributed by atoms with Gasteiger partial charge >= 0.3 is 0 Å². The van der Waals surface area contributed by atoms with Crippen LogP contribution in [0.15, 0.2) is 72.8 Å². The van der Waals surface area contributed by atoms with E-state index in [2.05, 4.69) is 15.6 Å². The zero-order valence-corrected chi connectivity index (χ0v) is 22.6. The molecule has 4 bridgehead atoms. The van der Waals surface area contributed by atoms with E-state index in [9.17, 15) is 18.8 Å². The van der Waals surface area contributed by atoms with E-state index in [1.807, 2.05) is 12.1 Å². The predicted molar refractivity (Wildman–Crippen MR) is 150 cm³/mol. The molecule has 1 aromatic heterocycles. The Kier molecular flexibility index (Phi) is 7.30. The summed E-state index contributed by atoms with van der Waals surface area (Å²) in [6.45, 7) is 0.322. The molecular weight excluding hydrogens is 543 g/mol. The smallest absolute Gasteiger partial charge is 0.272 e. The minimum atomic E-state index is -0.592. The summed E-state index contributed by atoms with van der Waals surface area (Å²) >= 11 is 0. The van der Waals surface area contributed by atoms with Gasteiger partial charge in [0.15, 0.2) is 18.1 Å². The summed E-state index contributed by atoms with van der Waals surface area (Å²) in [6.07, 6.45) is -0.592. The second-order valence-corrected chi connectivity index (χ2v) is 10.0. The molecule has 0 radical (unpaired) electrons. The Morgan fingerprint density at radius 3 is 2.69 bits per heavy atom. The third kappa shape index (κ3) is 5.53. The van der Waals surface area contributed by atoms with Gasteiger partial charge in [0.2, 0.25) is 0 Å². The van der Waals surface area contributed by atoms with Crippen LogP contribution in [0, 0.1) is 5.82 Å². The summed E-state index contributed by atoms with van der Waals surface area (Å²) in [5.41, 5.74) is 1.33. The molecule has 4 aromatic rings. The van der Waals surface area contributed by atoms with Crippen LogP contribution in [-0.2, 0) is 11.3 Å². The van der Waals surface area contributed by atoms with Crippen LogP contribution in [0.25, 0.3) is 10.9 Å². The molecule has 3 aliphatic rings. The fourth-order valence-electron chi connectivity index (χ4n) is 5.03. The third-order valence-corrected chi connectivity index (χ3v) is 7.25. The molecule has 4 heterocycles. The molecule has 2 atom stereocenters. The Morgan fingerprint density at radius 2 is 1.88 bits per heavy atom. The molecule has 11 heteroatoms. The first-order valence-corrected chi connectivity index (χ1v) is 13.4. The van der Waals surface area contributed by atoms with E-state index < -0.39 is 29.8 Å². The van der Waals surface area contributed by atoms with E-state index in [0.29, 0.717) is 16.9 Å². The van der Waals surface area contributed by atoms with Crippen molar-refractivity contribution in [2.24, 2.45) is 0 Å². The SMILES string of the molecule is COc1ccc2cc1OCC(=O)NCc1ccc(cc1)O[C@H]1CN(C(=O)c3ccc4cccc(F)c4n3)C[C@@H]1NC2=O. The number of nitrogens with one attached hydrogen (secondary N) is 2. The van der Waals surface area contributed by atoms with Gasteiger partial charge in [-0.05, 0) is 48.0 Å².